The summed E-state index contributed by atoms with van der Waals surface area (Å²) in [6, 6.07) is 17.9. The number of nitrogens with zero attached hydrogens (tertiary/aromatic N) is 1. The van der Waals surface area contributed by atoms with Crippen molar-refractivity contribution in [2.24, 2.45) is 0 Å². The highest BCUT2D eigenvalue weighted by atomic mass is 32.2. The van der Waals surface area contributed by atoms with Crippen molar-refractivity contribution in [3.05, 3.63) is 83.4 Å². The zero-order valence-electron chi connectivity index (χ0n) is 18.9. The molecule has 182 valence electrons. The second-order valence-electron chi connectivity index (χ2n) is 8.08. The van der Waals surface area contributed by atoms with Crippen LogP contribution in [0, 0.1) is 0 Å². The summed E-state index contributed by atoms with van der Waals surface area (Å²) in [7, 11) is -1.10. The van der Waals surface area contributed by atoms with Gasteiger partial charge in [0.25, 0.3) is 0 Å². The van der Waals surface area contributed by atoms with Crippen molar-refractivity contribution >= 4 is 15.9 Å². The lowest BCUT2D eigenvalue weighted by Crippen LogP contribution is -2.29. The molecule has 0 unspecified atom stereocenters. The Bertz CT molecular complexity index is 1150. The Morgan fingerprint density at radius 3 is 1.79 bits per heavy atom. The first-order valence-corrected chi connectivity index (χ1v) is 12.0. The standard InChI is InChI=1S/C24H29N3O6S/c1-27(2)34(32,33)26-22-13-18(7-12-23(22)30)24(31)15-25-14-21(16-3-8-19(28)9-4-16)17-5-10-20(29)11-6-17/h3-13,21,24-26,28-31H,14-15H2,1-2H3/t24-/m0/s1. The molecule has 1 atom stereocenters. The Hall–Kier alpha value is -3.31. The summed E-state index contributed by atoms with van der Waals surface area (Å²) >= 11 is 0. The number of aliphatic hydroxyl groups excluding tert-OH is 1. The van der Waals surface area contributed by atoms with Crippen LogP contribution in [-0.2, 0) is 10.2 Å². The van der Waals surface area contributed by atoms with Gasteiger partial charge in [0.15, 0.2) is 0 Å². The number of benzene rings is 3. The average molecular weight is 488 g/mol. The number of phenols is 3. The van der Waals surface area contributed by atoms with E-state index in [2.05, 4.69) is 10.0 Å². The molecule has 0 aliphatic carbocycles. The number of hydrogen-bond acceptors (Lipinski definition) is 7. The lowest BCUT2D eigenvalue weighted by molar-refractivity contribution is 0.174. The molecule has 10 heteroatoms. The second-order valence-corrected chi connectivity index (χ2v) is 9.96. The summed E-state index contributed by atoms with van der Waals surface area (Å²) in [5, 5.41) is 43.2. The van der Waals surface area contributed by atoms with E-state index < -0.39 is 16.3 Å². The number of phenolic OH excluding ortho intramolecular Hbond substituents is 3. The highest BCUT2D eigenvalue weighted by Crippen LogP contribution is 2.29. The Labute approximate surface area is 199 Å². The molecule has 0 radical (unpaired) electrons. The second kappa shape index (κ2) is 10.7. The molecule has 0 heterocycles. The van der Waals surface area contributed by atoms with Crippen molar-refractivity contribution < 1.29 is 28.8 Å². The molecule has 3 aromatic carbocycles. The van der Waals surface area contributed by atoms with Crippen LogP contribution in [0.2, 0.25) is 0 Å². The molecule has 0 spiro atoms. The lowest BCUT2D eigenvalue weighted by Gasteiger charge is -2.21. The first-order valence-electron chi connectivity index (χ1n) is 10.6. The van der Waals surface area contributed by atoms with Crippen LogP contribution < -0.4 is 10.0 Å². The van der Waals surface area contributed by atoms with Gasteiger partial charge in [-0.25, -0.2) is 0 Å². The van der Waals surface area contributed by atoms with Gasteiger partial charge in [0.2, 0.25) is 0 Å². The van der Waals surface area contributed by atoms with E-state index in [4.69, 9.17) is 0 Å². The summed E-state index contributed by atoms with van der Waals surface area (Å²) in [4.78, 5) is 0. The first-order chi connectivity index (χ1) is 16.1. The zero-order valence-corrected chi connectivity index (χ0v) is 19.7. The number of aromatic hydroxyl groups is 3. The van der Waals surface area contributed by atoms with Crippen molar-refractivity contribution in [1.29, 1.82) is 0 Å². The van der Waals surface area contributed by atoms with Crippen LogP contribution in [0.1, 0.15) is 28.7 Å². The van der Waals surface area contributed by atoms with Gasteiger partial charge in [0, 0.05) is 33.1 Å². The normalized spacial score (nSPS) is 12.7. The summed E-state index contributed by atoms with van der Waals surface area (Å²) < 4.78 is 27.4. The molecule has 34 heavy (non-hydrogen) atoms. The van der Waals surface area contributed by atoms with Crippen LogP contribution in [-0.4, -0.2) is 60.3 Å². The molecule has 0 amide bonds. The molecule has 0 aromatic heterocycles. The summed E-state index contributed by atoms with van der Waals surface area (Å²) in [6.45, 7) is 0.613. The molecule has 0 saturated heterocycles. The third kappa shape index (κ3) is 6.39. The smallest absolute Gasteiger partial charge is 0.301 e. The molecule has 9 nitrogen and oxygen atoms in total. The fraction of sp³-hybridized carbons (Fsp3) is 0.250. The Balaban J connectivity index is 1.72. The van der Waals surface area contributed by atoms with Gasteiger partial charge in [-0.05, 0) is 53.1 Å². The summed E-state index contributed by atoms with van der Waals surface area (Å²) in [5.74, 6) is -0.0565. The van der Waals surface area contributed by atoms with Crippen LogP contribution in [0.15, 0.2) is 66.7 Å². The van der Waals surface area contributed by atoms with Crippen molar-refractivity contribution in [1.82, 2.24) is 9.62 Å². The minimum absolute atomic E-state index is 0.0312. The number of nitrogens with one attached hydrogen (secondary N) is 2. The van der Waals surface area contributed by atoms with Gasteiger partial charge >= 0.3 is 10.2 Å². The maximum absolute atomic E-state index is 12.1. The average Bonchev–Trinajstić information content (AvgIpc) is 2.79. The molecule has 0 aliphatic rings. The number of hydrogen-bond donors (Lipinski definition) is 6. The van der Waals surface area contributed by atoms with E-state index in [9.17, 15) is 28.8 Å². The predicted molar refractivity (Wildman–Crippen MR) is 130 cm³/mol. The van der Waals surface area contributed by atoms with Crippen LogP contribution in [0.3, 0.4) is 0 Å². The zero-order chi connectivity index (χ0) is 24.9. The number of anilines is 1. The van der Waals surface area contributed by atoms with Gasteiger partial charge in [-0.1, -0.05) is 30.3 Å². The molecule has 0 saturated carbocycles. The van der Waals surface area contributed by atoms with Gasteiger partial charge in [-0.3, -0.25) is 4.72 Å². The lowest BCUT2D eigenvalue weighted by atomic mass is 9.91. The number of rotatable bonds is 10. The highest BCUT2D eigenvalue weighted by molar-refractivity contribution is 7.90. The molecule has 0 fully saturated rings. The van der Waals surface area contributed by atoms with Crippen LogP contribution in [0.5, 0.6) is 17.2 Å². The van der Waals surface area contributed by atoms with E-state index in [1.165, 1.54) is 32.3 Å². The molecule has 3 rings (SSSR count). The monoisotopic (exact) mass is 487 g/mol. The fourth-order valence-electron chi connectivity index (χ4n) is 3.40. The Morgan fingerprint density at radius 2 is 1.29 bits per heavy atom. The maximum atomic E-state index is 12.1. The third-order valence-electron chi connectivity index (χ3n) is 5.40. The molecule has 0 bridgehead atoms. The van der Waals surface area contributed by atoms with E-state index in [0.717, 1.165) is 15.4 Å². The van der Waals surface area contributed by atoms with Gasteiger partial charge in [0.05, 0.1) is 11.8 Å². The van der Waals surface area contributed by atoms with Gasteiger partial charge in [-0.15, -0.1) is 0 Å². The van der Waals surface area contributed by atoms with E-state index in [1.54, 1.807) is 24.3 Å². The van der Waals surface area contributed by atoms with Gasteiger partial charge in [0.1, 0.15) is 17.2 Å². The van der Waals surface area contributed by atoms with Crippen molar-refractivity contribution in [3.63, 3.8) is 0 Å². The molecule has 0 aliphatic heterocycles. The van der Waals surface area contributed by atoms with Crippen molar-refractivity contribution in [2.45, 2.75) is 12.0 Å². The van der Waals surface area contributed by atoms with E-state index in [1.807, 2.05) is 24.3 Å². The topological polar surface area (TPSA) is 142 Å². The number of aliphatic hydroxyl groups is 1. The van der Waals surface area contributed by atoms with Gasteiger partial charge in [-0.2, -0.15) is 12.7 Å². The molecule has 3 aromatic rings. The third-order valence-corrected chi connectivity index (χ3v) is 6.84. The van der Waals surface area contributed by atoms with E-state index in [-0.39, 0.29) is 35.4 Å². The quantitative estimate of drug-likeness (QED) is 0.241. The maximum Gasteiger partial charge on any atom is 0.301 e. The minimum atomic E-state index is -3.82. The van der Waals surface area contributed by atoms with Crippen molar-refractivity contribution in [2.75, 3.05) is 31.9 Å². The highest BCUT2D eigenvalue weighted by Gasteiger charge is 2.19. The van der Waals surface area contributed by atoms with E-state index >= 15 is 0 Å². The van der Waals surface area contributed by atoms with Crippen molar-refractivity contribution in [3.8, 4) is 17.2 Å². The van der Waals surface area contributed by atoms with Crippen LogP contribution in [0.4, 0.5) is 5.69 Å². The predicted octanol–water partition coefficient (Wildman–Crippen LogP) is 2.48. The largest absolute Gasteiger partial charge is 0.508 e. The fourth-order valence-corrected chi connectivity index (χ4v) is 4.02. The summed E-state index contributed by atoms with van der Waals surface area (Å²) in [6.07, 6.45) is -0.969. The molecular formula is C24H29N3O6S. The summed E-state index contributed by atoms with van der Waals surface area (Å²) in [5.41, 5.74) is 2.27. The van der Waals surface area contributed by atoms with Crippen LogP contribution in [0.25, 0.3) is 0 Å². The Morgan fingerprint density at radius 1 is 0.794 bits per heavy atom. The van der Waals surface area contributed by atoms with E-state index in [0.29, 0.717) is 12.1 Å². The molecule has 6 N–H and O–H groups in total. The minimum Gasteiger partial charge on any atom is -0.508 e. The van der Waals surface area contributed by atoms with Crippen LogP contribution >= 0.6 is 0 Å². The SMILES string of the molecule is CN(C)S(=O)(=O)Nc1cc([C@@H](O)CNCC(c2ccc(O)cc2)c2ccc(O)cc2)ccc1O. The first kappa shape index (κ1) is 25.3. The Kier molecular flexibility index (Phi) is 8.00. The van der Waals surface area contributed by atoms with Gasteiger partial charge < -0.3 is 25.7 Å². The molecular weight excluding hydrogens is 458 g/mol.